The van der Waals surface area contributed by atoms with Gasteiger partial charge < -0.3 is 15.4 Å². The smallest absolute Gasteiger partial charge is 0.315 e. The van der Waals surface area contributed by atoms with E-state index in [1.54, 1.807) is 7.11 Å². The van der Waals surface area contributed by atoms with Crippen LogP contribution in [0.4, 0.5) is 4.79 Å². The van der Waals surface area contributed by atoms with Gasteiger partial charge in [-0.05, 0) is 25.2 Å². The van der Waals surface area contributed by atoms with Crippen molar-refractivity contribution in [3.63, 3.8) is 0 Å². The Balaban J connectivity index is 2.25. The van der Waals surface area contributed by atoms with Crippen LogP contribution in [0.25, 0.3) is 0 Å². The van der Waals surface area contributed by atoms with E-state index in [2.05, 4.69) is 24.5 Å². The van der Waals surface area contributed by atoms with E-state index in [9.17, 15) is 4.79 Å². The van der Waals surface area contributed by atoms with E-state index in [1.165, 1.54) is 6.42 Å². The largest absolute Gasteiger partial charge is 0.383 e. The molecule has 1 unspecified atom stereocenters. The Labute approximate surface area is 91.8 Å². The molecule has 1 saturated carbocycles. The average Bonchev–Trinajstić information content (AvgIpc) is 2.10. The first-order chi connectivity index (χ1) is 7.13. The summed E-state index contributed by atoms with van der Waals surface area (Å²) in [5.74, 6) is 0.386. The van der Waals surface area contributed by atoms with Crippen LogP contribution in [0.3, 0.4) is 0 Å². The van der Waals surface area contributed by atoms with Crippen molar-refractivity contribution in [2.45, 2.75) is 45.2 Å². The minimum Gasteiger partial charge on any atom is -0.383 e. The van der Waals surface area contributed by atoms with Gasteiger partial charge in [-0.25, -0.2) is 4.79 Å². The summed E-state index contributed by atoms with van der Waals surface area (Å²) < 4.78 is 5.07. The minimum absolute atomic E-state index is 0.0598. The van der Waals surface area contributed by atoms with Gasteiger partial charge in [-0.3, -0.25) is 0 Å². The molecule has 0 aromatic rings. The molecule has 0 bridgehead atoms. The molecule has 1 atom stereocenters. The molecule has 2 N–H and O–H groups in total. The average molecular weight is 214 g/mol. The number of carbonyl (C=O) groups excluding carboxylic acids is 1. The highest BCUT2D eigenvalue weighted by Crippen LogP contribution is 2.17. The quantitative estimate of drug-likeness (QED) is 0.729. The highest BCUT2D eigenvalue weighted by molar-refractivity contribution is 5.74. The van der Waals surface area contributed by atoms with E-state index in [0.29, 0.717) is 18.6 Å². The van der Waals surface area contributed by atoms with Gasteiger partial charge in [-0.1, -0.05) is 13.8 Å². The van der Waals surface area contributed by atoms with Crippen molar-refractivity contribution in [1.29, 1.82) is 0 Å². The van der Waals surface area contributed by atoms with Crippen molar-refractivity contribution in [3.8, 4) is 0 Å². The third-order valence-corrected chi connectivity index (χ3v) is 2.91. The number of nitrogens with one attached hydrogen (secondary N) is 2. The standard InChI is InChI=1S/C11H22N2O2/c1-8(2)10(7-15-3)13-11(14)12-9-5-4-6-9/h8-10H,4-7H2,1-3H3,(H2,12,13,14). The molecule has 1 rings (SSSR count). The van der Waals surface area contributed by atoms with Gasteiger partial charge in [-0.15, -0.1) is 0 Å². The molecular weight excluding hydrogens is 192 g/mol. The molecule has 4 nitrogen and oxygen atoms in total. The lowest BCUT2D eigenvalue weighted by atomic mass is 9.93. The Hall–Kier alpha value is -0.770. The van der Waals surface area contributed by atoms with Gasteiger partial charge in [0.05, 0.1) is 12.6 Å². The lowest BCUT2D eigenvalue weighted by molar-refractivity contribution is 0.146. The number of hydrogen-bond donors (Lipinski definition) is 2. The molecule has 1 fully saturated rings. The van der Waals surface area contributed by atoms with Crippen LogP contribution in [0.5, 0.6) is 0 Å². The number of urea groups is 1. The van der Waals surface area contributed by atoms with E-state index < -0.39 is 0 Å². The zero-order chi connectivity index (χ0) is 11.3. The Morgan fingerprint density at radius 1 is 1.47 bits per heavy atom. The normalized spacial score (nSPS) is 18.4. The van der Waals surface area contributed by atoms with E-state index in [1.807, 2.05) is 0 Å². The highest BCUT2D eigenvalue weighted by atomic mass is 16.5. The lowest BCUT2D eigenvalue weighted by Gasteiger charge is -2.28. The molecule has 15 heavy (non-hydrogen) atoms. The summed E-state index contributed by atoms with van der Waals surface area (Å²) in [6, 6.07) is 0.422. The minimum atomic E-state index is -0.0598. The van der Waals surface area contributed by atoms with Crippen LogP contribution in [0.1, 0.15) is 33.1 Å². The molecule has 0 spiro atoms. The summed E-state index contributed by atoms with van der Waals surface area (Å²) in [7, 11) is 1.65. The Bertz CT molecular complexity index is 203. The Morgan fingerprint density at radius 2 is 2.13 bits per heavy atom. The van der Waals surface area contributed by atoms with Crippen LogP contribution < -0.4 is 10.6 Å². The maximum absolute atomic E-state index is 11.6. The van der Waals surface area contributed by atoms with Gasteiger partial charge in [-0.2, -0.15) is 0 Å². The number of rotatable bonds is 5. The highest BCUT2D eigenvalue weighted by Gasteiger charge is 2.21. The number of amides is 2. The first-order valence-corrected chi connectivity index (χ1v) is 5.69. The van der Waals surface area contributed by atoms with Crippen LogP contribution in [-0.4, -0.2) is 31.8 Å². The van der Waals surface area contributed by atoms with E-state index in [-0.39, 0.29) is 12.1 Å². The zero-order valence-electron chi connectivity index (χ0n) is 9.88. The molecule has 0 aromatic heterocycles. The molecule has 88 valence electrons. The van der Waals surface area contributed by atoms with Crippen molar-refractivity contribution in [2.75, 3.05) is 13.7 Å². The van der Waals surface area contributed by atoms with Gasteiger partial charge in [0.2, 0.25) is 0 Å². The second-order valence-corrected chi connectivity index (χ2v) is 4.55. The van der Waals surface area contributed by atoms with Crippen molar-refractivity contribution in [2.24, 2.45) is 5.92 Å². The second-order valence-electron chi connectivity index (χ2n) is 4.55. The lowest BCUT2D eigenvalue weighted by Crippen LogP contribution is -2.51. The fourth-order valence-electron chi connectivity index (χ4n) is 1.53. The topological polar surface area (TPSA) is 50.4 Å². The molecule has 4 heteroatoms. The van der Waals surface area contributed by atoms with Crippen LogP contribution in [0.15, 0.2) is 0 Å². The number of ether oxygens (including phenoxy) is 1. The summed E-state index contributed by atoms with van der Waals surface area (Å²) >= 11 is 0. The maximum Gasteiger partial charge on any atom is 0.315 e. The fraction of sp³-hybridized carbons (Fsp3) is 0.909. The van der Waals surface area contributed by atoms with Gasteiger partial charge >= 0.3 is 6.03 Å². The monoisotopic (exact) mass is 214 g/mol. The summed E-state index contributed by atoms with van der Waals surface area (Å²) in [4.78, 5) is 11.6. The molecule has 0 aliphatic heterocycles. The number of hydrogen-bond acceptors (Lipinski definition) is 2. The molecule has 1 aliphatic carbocycles. The van der Waals surface area contributed by atoms with Crippen LogP contribution >= 0.6 is 0 Å². The van der Waals surface area contributed by atoms with Crippen molar-refractivity contribution in [3.05, 3.63) is 0 Å². The van der Waals surface area contributed by atoms with E-state index in [4.69, 9.17) is 4.74 Å². The molecule has 0 saturated heterocycles. The van der Waals surface area contributed by atoms with Crippen LogP contribution in [0, 0.1) is 5.92 Å². The third-order valence-electron chi connectivity index (χ3n) is 2.91. The predicted molar refractivity (Wildman–Crippen MR) is 59.8 cm³/mol. The van der Waals surface area contributed by atoms with E-state index in [0.717, 1.165) is 12.8 Å². The Kier molecular flexibility index (Phi) is 4.88. The number of carbonyl (C=O) groups is 1. The van der Waals surface area contributed by atoms with Gasteiger partial charge in [0.15, 0.2) is 0 Å². The van der Waals surface area contributed by atoms with Gasteiger partial charge in [0.1, 0.15) is 0 Å². The summed E-state index contributed by atoms with van der Waals surface area (Å²) in [6.45, 7) is 4.72. The summed E-state index contributed by atoms with van der Waals surface area (Å²) in [5.41, 5.74) is 0. The molecule has 0 radical (unpaired) electrons. The number of methoxy groups -OCH3 is 1. The van der Waals surface area contributed by atoms with Gasteiger partial charge in [0, 0.05) is 13.2 Å². The SMILES string of the molecule is COCC(NC(=O)NC1CCC1)C(C)C. The third kappa shape index (κ3) is 4.08. The van der Waals surface area contributed by atoms with Gasteiger partial charge in [0.25, 0.3) is 0 Å². The molecular formula is C11H22N2O2. The maximum atomic E-state index is 11.6. The van der Waals surface area contributed by atoms with E-state index >= 15 is 0 Å². The summed E-state index contributed by atoms with van der Waals surface area (Å²) in [6.07, 6.45) is 3.46. The van der Waals surface area contributed by atoms with Crippen LogP contribution in [0.2, 0.25) is 0 Å². The molecule has 0 aromatic carbocycles. The first kappa shape index (κ1) is 12.3. The van der Waals surface area contributed by atoms with Crippen LogP contribution in [-0.2, 0) is 4.74 Å². The molecule has 2 amide bonds. The predicted octanol–water partition coefficient (Wildman–Crippen LogP) is 1.51. The summed E-state index contributed by atoms with van der Waals surface area (Å²) in [5, 5.41) is 5.90. The zero-order valence-corrected chi connectivity index (χ0v) is 9.88. The second kappa shape index (κ2) is 5.95. The Morgan fingerprint density at radius 3 is 2.53 bits per heavy atom. The van der Waals surface area contributed by atoms with Crippen molar-refractivity contribution < 1.29 is 9.53 Å². The molecule has 0 heterocycles. The molecule has 1 aliphatic rings. The fourth-order valence-corrected chi connectivity index (χ4v) is 1.53. The van der Waals surface area contributed by atoms with Crippen molar-refractivity contribution >= 4 is 6.03 Å². The van der Waals surface area contributed by atoms with Crippen molar-refractivity contribution in [1.82, 2.24) is 10.6 Å². The first-order valence-electron chi connectivity index (χ1n) is 5.69.